The third-order valence-electron chi connectivity index (χ3n) is 1.77. The molecule has 0 aliphatic rings. The first kappa shape index (κ1) is 12.5. The summed E-state index contributed by atoms with van der Waals surface area (Å²) in [7, 11) is 0. The minimum Gasteiger partial charge on any atom is -0.481 e. The van der Waals surface area contributed by atoms with E-state index in [4.69, 9.17) is 5.11 Å². The fourth-order valence-electron chi connectivity index (χ4n) is 0.990. The second kappa shape index (κ2) is 6.12. The van der Waals surface area contributed by atoms with Gasteiger partial charge in [-0.2, -0.15) is 11.8 Å². The van der Waals surface area contributed by atoms with Gasteiger partial charge in [-0.1, -0.05) is 13.8 Å². The highest BCUT2D eigenvalue weighted by atomic mass is 32.2. The molecule has 1 aromatic rings. The summed E-state index contributed by atoms with van der Waals surface area (Å²) in [4.78, 5) is 14.8. The highest BCUT2D eigenvalue weighted by Gasteiger charge is 2.05. The molecular weight excluding hydrogens is 230 g/mol. The first-order valence-corrected chi connectivity index (χ1v) is 6.87. The van der Waals surface area contributed by atoms with E-state index < -0.39 is 5.97 Å². The van der Waals surface area contributed by atoms with Crippen molar-refractivity contribution in [2.24, 2.45) is 0 Å². The summed E-state index contributed by atoms with van der Waals surface area (Å²) in [6.07, 6.45) is 0.228. The Morgan fingerprint density at radius 1 is 1.67 bits per heavy atom. The normalized spacial score (nSPS) is 10.9. The summed E-state index contributed by atoms with van der Waals surface area (Å²) in [5, 5.41) is 11.7. The minimum absolute atomic E-state index is 0.228. The lowest BCUT2D eigenvalue weighted by Crippen LogP contribution is -1.96. The second-order valence-electron chi connectivity index (χ2n) is 3.53. The molecule has 0 aliphatic carbocycles. The molecular formula is C10H15NO2S2. The molecule has 0 amide bonds. The third-order valence-corrected chi connectivity index (χ3v) is 3.96. The maximum Gasteiger partial charge on any atom is 0.304 e. The van der Waals surface area contributed by atoms with E-state index in [2.05, 4.69) is 24.2 Å². The second-order valence-corrected chi connectivity index (χ2v) is 5.52. The third kappa shape index (κ3) is 4.66. The van der Waals surface area contributed by atoms with Crippen molar-refractivity contribution < 1.29 is 9.90 Å². The van der Waals surface area contributed by atoms with Crippen molar-refractivity contribution in [3.63, 3.8) is 0 Å². The van der Waals surface area contributed by atoms with E-state index >= 15 is 0 Å². The Morgan fingerprint density at radius 2 is 2.40 bits per heavy atom. The number of carbonyl (C=O) groups is 1. The zero-order valence-corrected chi connectivity index (χ0v) is 10.5. The molecule has 1 aromatic heterocycles. The fraction of sp³-hybridized carbons (Fsp3) is 0.600. The number of aliphatic carboxylic acids is 1. The van der Waals surface area contributed by atoms with Crippen LogP contribution in [0.25, 0.3) is 0 Å². The predicted molar refractivity (Wildman–Crippen MR) is 64.6 cm³/mol. The molecule has 0 saturated heterocycles. The molecule has 0 fully saturated rings. The van der Waals surface area contributed by atoms with E-state index in [1.54, 1.807) is 23.1 Å². The van der Waals surface area contributed by atoms with Crippen LogP contribution in [0.15, 0.2) is 5.38 Å². The van der Waals surface area contributed by atoms with Gasteiger partial charge in [0.15, 0.2) is 0 Å². The number of thioether (sulfide) groups is 1. The molecule has 84 valence electrons. The molecule has 0 radical (unpaired) electrons. The first-order chi connectivity index (χ1) is 7.09. The highest BCUT2D eigenvalue weighted by Crippen LogP contribution is 2.21. The maximum absolute atomic E-state index is 10.3. The van der Waals surface area contributed by atoms with Crippen LogP contribution in [-0.4, -0.2) is 21.8 Å². The quantitative estimate of drug-likeness (QED) is 0.783. The van der Waals surface area contributed by atoms with Crippen LogP contribution in [-0.2, 0) is 10.5 Å². The topological polar surface area (TPSA) is 50.2 Å². The molecule has 5 heteroatoms. The number of thiazole rings is 1. The Balaban J connectivity index is 2.28. The number of nitrogens with zero attached hydrogens (tertiary/aromatic N) is 1. The van der Waals surface area contributed by atoms with Crippen LogP contribution in [0, 0.1) is 0 Å². The predicted octanol–water partition coefficient (Wildman–Crippen LogP) is 2.97. The number of aromatic nitrogens is 1. The zero-order valence-electron chi connectivity index (χ0n) is 8.90. The van der Waals surface area contributed by atoms with Crippen LogP contribution in [0.3, 0.4) is 0 Å². The van der Waals surface area contributed by atoms with Gasteiger partial charge in [0.2, 0.25) is 0 Å². The molecule has 0 saturated carbocycles. The van der Waals surface area contributed by atoms with Crippen molar-refractivity contribution in [2.45, 2.75) is 31.9 Å². The molecule has 0 unspecified atom stereocenters. The summed E-state index contributed by atoms with van der Waals surface area (Å²) in [6.45, 7) is 4.25. The average Bonchev–Trinajstić information content (AvgIpc) is 2.60. The van der Waals surface area contributed by atoms with Gasteiger partial charge < -0.3 is 5.11 Å². The maximum atomic E-state index is 10.3. The van der Waals surface area contributed by atoms with Gasteiger partial charge in [-0.15, -0.1) is 11.3 Å². The fourth-order valence-corrected chi connectivity index (χ4v) is 2.75. The van der Waals surface area contributed by atoms with Crippen molar-refractivity contribution in [1.29, 1.82) is 0 Å². The van der Waals surface area contributed by atoms with Crippen molar-refractivity contribution in [3.8, 4) is 0 Å². The Labute approximate surface area is 97.9 Å². The molecule has 0 aliphatic heterocycles. The summed E-state index contributed by atoms with van der Waals surface area (Å²) >= 11 is 3.30. The van der Waals surface area contributed by atoms with Gasteiger partial charge >= 0.3 is 5.97 Å². The number of carboxylic acid groups (broad SMARTS) is 1. The molecule has 0 aromatic carbocycles. The molecule has 0 atom stereocenters. The van der Waals surface area contributed by atoms with Gasteiger partial charge in [-0.3, -0.25) is 4.79 Å². The Bertz CT molecular complexity index is 323. The lowest BCUT2D eigenvalue weighted by molar-refractivity contribution is -0.136. The summed E-state index contributed by atoms with van der Waals surface area (Å²) in [5.41, 5.74) is 1.07. The monoisotopic (exact) mass is 245 g/mol. The standard InChI is InChI=1S/C10H15NO2S2/c1-7(2)10-11-8(6-15-10)5-14-4-3-9(12)13/h6-7H,3-5H2,1-2H3,(H,12,13). The SMILES string of the molecule is CC(C)c1nc(CSCCC(=O)O)cs1. The van der Waals surface area contributed by atoms with E-state index in [9.17, 15) is 4.79 Å². The summed E-state index contributed by atoms with van der Waals surface area (Å²) in [5.74, 6) is 1.22. The lowest BCUT2D eigenvalue weighted by Gasteiger charge is -1.97. The number of carboxylic acids is 1. The molecule has 0 bridgehead atoms. The van der Waals surface area contributed by atoms with E-state index in [0.717, 1.165) is 16.5 Å². The van der Waals surface area contributed by atoms with E-state index in [0.29, 0.717) is 11.7 Å². The molecule has 1 heterocycles. The van der Waals surface area contributed by atoms with Crippen molar-refractivity contribution in [2.75, 3.05) is 5.75 Å². The highest BCUT2D eigenvalue weighted by molar-refractivity contribution is 7.98. The van der Waals surface area contributed by atoms with Crippen molar-refractivity contribution in [1.82, 2.24) is 4.98 Å². The van der Waals surface area contributed by atoms with Crippen LogP contribution in [0.1, 0.15) is 36.9 Å². The molecule has 3 nitrogen and oxygen atoms in total. The van der Waals surface area contributed by atoms with Crippen LogP contribution in [0.5, 0.6) is 0 Å². The van der Waals surface area contributed by atoms with Crippen LogP contribution in [0.2, 0.25) is 0 Å². The largest absolute Gasteiger partial charge is 0.481 e. The van der Waals surface area contributed by atoms with Gasteiger partial charge in [0.25, 0.3) is 0 Å². The number of hydrogen-bond acceptors (Lipinski definition) is 4. The average molecular weight is 245 g/mol. The number of rotatable bonds is 6. The Morgan fingerprint density at radius 3 is 2.93 bits per heavy atom. The zero-order chi connectivity index (χ0) is 11.3. The van der Waals surface area contributed by atoms with Crippen LogP contribution < -0.4 is 0 Å². The van der Waals surface area contributed by atoms with E-state index in [-0.39, 0.29) is 6.42 Å². The molecule has 1 rings (SSSR count). The molecule has 1 N–H and O–H groups in total. The van der Waals surface area contributed by atoms with Gasteiger partial charge in [-0.25, -0.2) is 4.98 Å². The van der Waals surface area contributed by atoms with Gasteiger partial charge in [0.1, 0.15) is 0 Å². The van der Waals surface area contributed by atoms with Crippen molar-refractivity contribution in [3.05, 3.63) is 16.1 Å². The van der Waals surface area contributed by atoms with E-state index in [1.165, 1.54) is 0 Å². The van der Waals surface area contributed by atoms with Gasteiger partial charge in [0.05, 0.1) is 17.1 Å². The number of hydrogen-bond donors (Lipinski definition) is 1. The van der Waals surface area contributed by atoms with E-state index in [1.807, 2.05) is 0 Å². The molecule has 15 heavy (non-hydrogen) atoms. The minimum atomic E-state index is -0.733. The van der Waals surface area contributed by atoms with Crippen LogP contribution in [0.4, 0.5) is 0 Å². The van der Waals surface area contributed by atoms with Crippen LogP contribution >= 0.6 is 23.1 Å². The van der Waals surface area contributed by atoms with Crippen molar-refractivity contribution >= 4 is 29.1 Å². The lowest BCUT2D eigenvalue weighted by atomic mass is 10.2. The van der Waals surface area contributed by atoms with Gasteiger partial charge in [0, 0.05) is 22.8 Å². The van der Waals surface area contributed by atoms with Gasteiger partial charge in [-0.05, 0) is 0 Å². The Kier molecular flexibility index (Phi) is 5.11. The Hall–Kier alpha value is -0.550. The summed E-state index contributed by atoms with van der Waals surface area (Å²) < 4.78 is 0. The summed E-state index contributed by atoms with van der Waals surface area (Å²) in [6, 6.07) is 0. The smallest absolute Gasteiger partial charge is 0.304 e. The molecule has 0 spiro atoms. The first-order valence-electron chi connectivity index (χ1n) is 4.83.